The van der Waals surface area contributed by atoms with Gasteiger partial charge < -0.3 is 5.32 Å². The summed E-state index contributed by atoms with van der Waals surface area (Å²) in [6, 6.07) is 0.590. The van der Waals surface area contributed by atoms with Crippen LogP contribution in [0.1, 0.15) is 38.6 Å². The average Bonchev–Trinajstić information content (AvgIpc) is 2.82. The Morgan fingerprint density at radius 2 is 2.10 bits per heavy atom. The van der Waals surface area contributed by atoms with Crippen LogP contribution in [0.25, 0.3) is 11.0 Å². The topological polar surface area (TPSA) is 72.7 Å². The van der Waals surface area contributed by atoms with Crippen molar-refractivity contribution in [2.45, 2.75) is 44.7 Å². The zero-order chi connectivity index (χ0) is 14.1. The summed E-state index contributed by atoms with van der Waals surface area (Å²) in [5, 5.41) is 8.54. The lowest BCUT2D eigenvalue weighted by Gasteiger charge is -2.29. The highest BCUT2D eigenvalue weighted by Gasteiger charge is 2.24. The predicted octanol–water partition coefficient (Wildman–Crippen LogP) is 2.10. The van der Waals surface area contributed by atoms with Crippen molar-refractivity contribution in [3.63, 3.8) is 0 Å². The first-order chi connectivity index (χ1) is 9.63. The Morgan fingerprint density at radius 3 is 2.80 bits per heavy atom. The van der Waals surface area contributed by atoms with Gasteiger partial charge >= 0.3 is 0 Å². The van der Waals surface area contributed by atoms with Crippen LogP contribution >= 0.6 is 11.6 Å². The van der Waals surface area contributed by atoms with Crippen LogP contribution in [0, 0.1) is 0 Å². The maximum absolute atomic E-state index is 11.1. The number of hydrogen-bond donors (Lipinski definition) is 1. The van der Waals surface area contributed by atoms with Gasteiger partial charge in [-0.05, 0) is 37.3 Å². The number of hydrogen-bond acceptors (Lipinski definition) is 4. The molecule has 0 aromatic carbocycles. The van der Waals surface area contributed by atoms with Crippen LogP contribution in [0.3, 0.4) is 0 Å². The van der Waals surface area contributed by atoms with Gasteiger partial charge in [-0.1, -0.05) is 0 Å². The fourth-order valence-corrected chi connectivity index (χ4v) is 2.96. The quantitative estimate of drug-likeness (QED) is 0.861. The van der Waals surface area contributed by atoms with Gasteiger partial charge in [0.1, 0.15) is 0 Å². The number of amides is 1. The average molecular weight is 294 g/mol. The van der Waals surface area contributed by atoms with Crippen molar-refractivity contribution in [3.05, 3.63) is 17.7 Å². The molecule has 6 nitrogen and oxygen atoms in total. The summed E-state index contributed by atoms with van der Waals surface area (Å²) in [5.41, 5.74) is 0.785. The van der Waals surface area contributed by atoms with Gasteiger partial charge in [0, 0.05) is 19.2 Å². The second-order valence-corrected chi connectivity index (χ2v) is 5.55. The smallest absolute Gasteiger partial charge is 0.224 e. The van der Waals surface area contributed by atoms with E-state index in [9.17, 15) is 4.79 Å². The van der Waals surface area contributed by atoms with E-state index in [1.165, 1.54) is 0 Å². The molecule has 0 saturated heterocycles. The number of rotatable bonds is 2. The first-order valence-electron chi connectivity index (χ1n) is 6.76. The van der Waals surface area contributed by atoms with Crippen LogP contribution in [-0.2, 0) is 4.79 Å². The summed E-state index contributed by atoms with van der Waals surface area (Å²) < 4.78 is 1.94. The normalized spacial score (nSPS) is 22.9. The van der Waals surface area contributed by atoms with E-state index >= 15 is 0 Å². The van der Waals surface area contributed by atoms with Crippen LogP contribution in [0.2, 0.25) is 5.28 Å². The minimum absolute atomic E-state index is 0.0394. The second kappa shape index (κ2) is 5.36. The van der Waals surface area contributed by atoms with Crippen LogP contribution in [-0.4, -0.2) is 31.7 Å². The van der Waals surface area contributed by atoms with Gasteiger partial charge in [-0.15, -0.1) is 0 Å². The molecule has 1 aliphatic rings. The first kappa shape index (κ1) is 13.3. The molecule has 1 saturated carbocycles. The molecule has 0 spiro atoms. The summed E-state index contributed by atoms with van der Waals surface area (Å²) >= 11 is 5.86. The zero-order valence-corrected chi connectivity index (χ0v) is 12.0. The van der Waals surface area contributed by atoms with E-state index in [1.54, 1.807) is 19.3 Å². The number of fused-ring (bicyclic) bond motifs is 1. The van der Waals surface area contributed by atoms with Gasteiger partial charge in [0.2, 0.25) is 11.2 Å². The van der Waals surface area contributed by atoms with E-state index in [4.69, 9.17) is 11.6 Å². The molecule has 0 bridgehead atoms. The zero-order valence-electron chi connectivity index (χ0n) is 11.2. The number of carbonyl (C=O) groups is 1. The van der Waals surface area contributed by atoms with Crippen molar-refractivity contribution in [1.82, 2.24) is 25.1 Å². The highest BCUT2D eigenvalue weighted by atomic mass is 35.5. The molecule has 0 atom stereocenters. The molecular weight excluding hydrogens is 278 g/mol. The van der Waals surface area contributed by atoms with Crippen LogP contribution in [0.5, 0.6) is 0 Å². The lowest BCUT2D eigenvalue weighted by molar-refractivity contribution is -0.119. The third-order valence-electron chi connectivity index (χ3n) is 3.75. The molecule has 2 aromatic heterocycles. The molecule has 106 valence electrons. The summed E-state index contributed by atoms with van der Waals surface area (Å²) in [6.45, 7) is 1.56. The predicted molar refractivity (Wildman–Crippen MR) is 75.4 cm³/mol. The molecule has 0 radical (unpaired) electrons. The molecule has 20 heavy (non-hydrogen) atoms. The fraction of sp³-hybridized carbons (Fsp3) is 0.538. The third-order valence-corrected chi connectivity index (χ3v) is 3.94. The van der Waals surface area contributed by atoms with Crippen molar-refractivity contribution < 1.29 is 4.79 Å². The summed E-state index contributed by atoms with van der Waals surface area (Å²) in [5.74, 6) is 0.0394. The Morgan fingerprint density at radius 1 is 1.35 bits per heavy atom. The van der Waals surface area contributed by atoms with Gasteiger partial charge in [0.05, 0.1) is 17.6 Å². The van der Waals surface area contributed by atoms with Gasteiger partial charge in [-0.2, -0.15) is 10.1 Å². The highest BCUT2D eigenvalue weighted by molar-refractivity contribution is 6.28. The van der Waals surface area contributed by atoms with Gasteiger partial charge in [0.15, 0.2) is 5.65 Å². The van der Waals surface area contributed by atoms with Crippen molar-refractivity contribution >= 4 is 28.5 Å². The first-order valence-corrected chi connectivity index (χ1v) is 7.14. The standard InChI is InChI=1S/C13H16ClN5O/c1-8(20)17-10-2-4-11(5-3-10)19-12-9(7-16-19)6-15-13(14)18-12/h6-7,10-11H,2-5H2,1H3,(H,17,20). The van der Waals surface area contributed by atoms with E-state index in [0.29, 0.717) is 6.04 Å². The van der Waals surface area contributed by atoms with Gasteiger partial charge in [-0.3, -0.25) is 4.79 Å². The Kier molecular flexibility index (Phi) is 3.56. The Labute approximate surface area is 121 Å². The van der Waals surface area contributed by atoms with Crippen molar-refractivity contribution in [2.24, 2.45) is 0 Å². The third kappa shape index (κ3) is 2.60. The maximum Gasteiger partial charge on any atom is 0.224 e. The largest absolute Gasteiger partial charge is 0.354 e. The molecule has 7 heteroatoms. The molecule has 0 aliphatic heterocycles. The number of nitrogens with one attached hydrogen (secondary N) is 1. The monoisotopic (exact) mass is 293 g/mol. The van der Waals surface area contributed by atoms with Crippen LogP contribution < -0.4 is 5.32 Å². The van der Waals surface area contributed by atoms with Crippen molar-refractivity contribution in [1.29, 1.82) is 0 Å². The Bertz CT molecular complexity index is 633. The lowest BCUT2D eigenvalue weighted by atomic mass is 9.91. The fourth-order valence-electron chi connectivity index (χ4n) is 2.83. The lowest BCUT2D eigenvalue weighted by Crippen LogP contribution is -2.36. The Hall–Kier alpha value is -1.69. The SMILES string of the molecule is CC(=O)NC1CCC(n2ncc3cnc(Cl)nc32)CC1. The molecule has 2 heterocycles. The number of nitrogens with zero attached hydrogens (tertiary/aromatic N) is 4. The number of aromatic nitrogens is 4. The molecule has 1 N–H and O–H groups in total. The molecule has 2 aromatic rings. The summed E-state index contributed by atoms with van der Waals surface area (Å²) in [4.78, 5) is 19.3. The van der Waals surface area contributed by atoms with E-state index in [-0.39, 0.29) is 17.2 Å². The Balaban J connectivity index is 1.76. The van der Waals surface area contributed by atoms with Crippen molar-refractivity contribution in [3.8, 4) is 0 Å². The maximum atomic E-state index is 11.1. The summed E-state index contributed by atoms with van der Waals surface area (Å²) in [6.07, 6.45) is 7.34. The molecule has 1 fully saturated rings. The molecular formula is C13H16ClN5O. The highest BCUT2D eigenvalue weighted by Crippen LogP contribution is 2.30. The molecule has 0 unspecified atom stereocenters. The van der Waals surface area contributed by atoms with Crippen molar-refractivity contribution in [2.75, 3.05) is 0 Å². The van der Waals surface area contributed by atoms with E-state index in [1.807, 2.05) is 4.68 Å². The van der Waals surface area contributed by atoms with E-state index in [2.05, 4.69) is 20.4 Å². The minimum Gasteiger partial charge on any atom is -0.354 e. The molecule has 1 aliphatic carbocycles. The van der Waals surface area contributed by atoms with E-state index < -0.39 is 0 Å². The molecule has 3 rings (SSSR count). The van der Waals surface area contributed by atoms with Gasteiger partial charge in [0.25, 0.3) is 0 Å². The number of halogens is 1. The molecule has 1 amide bonds. The van der Waals surface area contributed by atoms with Crippen LogP contribution in [0.4, 0.5) is 0 Å². The van der Waals surface area contributed by atoms with Crippen LogP contribution in [0.15, 0.2) is 12.4 Å². The summed E-state index contributed by atoms with van der Waals surface area (Å²) in [7, 11) is 0. The second-order valence-electron chi connectivity index (χ2n) is 5.21. The van der Waals surface area contributed by atoms with Gasteiger partial charge in [-0.25, -0.2) is 9.67 Å². The van der Waals surface area contributed by atoms with E-state index in [0.717, 1.165) is 36.7 Å². The number of carbonyl (C=O) groups excluding carboxylic acids is 1. The minimum atomic E-state index is 0.0394.